The molecule has 0 radical (unpaired) electrons. The Morgan fingerprint density at radius 3 is 2.29 bits per heavy atom. The van der Waals surface area contributed by atoms with Gasteiger partial charge in [-0.1, -0.05) is 54.6 Å². The first kappa shape index (κ1) is 14.9. The molecule has 0 atom stereocenters. The van der Waals surface area contributed by atoms with Crippen molar-refractivity contribution in [2.45, 2.75) is 26.2 Å². The summed E-state index contributed by atoms with van der Waals surface area (Å²) < 4.78 is 5.02. The van der Waals surface area contributed by atoms with Crippen molar-refractivity contribution >= 4 is 38.3 Å². The number of carbonyl (C=O) groups excluding carboxylic acids is 1. The number of hydrogen-bond acceptors (Lipinski definition) is 2. The molecule has 0 aliphatic heterocycles. The molecule has 0 amide bonds. The van der Waals surface area contributed by atoms with Gasteiger partial charge < -0.3 is 4.74 Å². The molecule has 0 heterocycles. The Bertz CT molecular complexity index is 1000. The SMILES string of the molecule is CCOC(=O)CCCc1ccc2ccc3cccc4ccc1c2c34. The van der Waals surface area contributed by atoms with Gasteiger partial charge in [-0.2, -0.15) is 0 Å². The van der Waals surface area contributed by atoms with Crippen LogP contribution in [0.2, 0.25) is 0 Å². The van der Waals surface area contributed by atoms with Crippen LogP contribution < -0.4 is 0 Å². The molecule has 4 aromatic carbocycles. The van der Waals surface area contributed by atoms with Crippen LogP contribution in [0.4, 0.5) is 0 Å². The predicted octanol–water partition coefficient (Wildman–Crippen LogP) is 5.47. The lowest BCUT2D eigenvalue weighted by atomic mass is 9.90. The summed E-state index contributed by atoms with van der Waals surface area (Å²) in [6.07, 6.45) is 2.20. The number of esters is 1. The Morgan fingerprint density at radius 1 is 0.875 bits per heavy atom. The molecular weight excluding hydrogens is 296 g/mol. The molecule has 0 N–H and O–H groups in total. The average Bonchev–Trinajstić information content (AvgIpc) is 2.61. The molecule has 0 saturated carbocycles. The summed E-state index contributed by atoms with van der Waals surface area (Å²) in [6.45, 7) is 2.30. The summed E-state index contributed by atoms with van der Waals surface area (Å²) in [5, 5.41) is 7.85. The summed E-state index contributed by atoms with van der Waals surface area (Å²) in [4.78, 5) is 11.5. The summed E-state index contributed by atoms with van der Waals surface area (Å²) in [5.74, 6) is -0.102. The first-order chi connectivity index (χ1) is 11.8. The fourth-order valence-electron chi connectivity index (χ4n) is 3.67. The Kier molecular flexibility index (Phi) is 3.81. The van der Waals surface area contributed by atoms with E-state index in [9.17, 15) is 4.79 Å². The van der Waals surface area contributed by atoms with Crippen molar-refractivity contribution in [1.82, 2.24) is 0 Å². The number of ether oxygens (including phenoxy) is 1. The van der Waals surface area contributed by atoms with Crippen LogP contribution >= 0.6 is 0 Å². The maximum Gasteiger partial charge on any atom is 0.305 e. The van der Waals surface area contributed by atoms with Crippen LogP contribution in [0.1, 0.15) is 25.3 Å². The molecule has 2 nitrogen and oxygen atoms in total. The highest BCUT2D eigenvalue weighted by atomic mass is 16.5. The molecule has 0 bridgehead atoms. The van der Waals surface area contributed by atoms with Crippen LogP contribution in [0.15, 0.2) is 54.6 Å². The van der Waals surface area contributed by atoms with Gasteiger partial charge in [-0.25, -0.2) is 0 Å². The van der Waals surface area contributed by atoms with Crippen molar-refractivity contribution < 1.29 is 9.53 Å². The zero-order chi connectivity index (χ0) is 16.5. The molecule has 0 spiro atoms. The van der Waals surface area contributed by atoms with E-state index in [1.165, 1.54) is 37.9 Å². The van der Waals surface area contributed by atoms with E-state index >= 15 is 0 Å². The molecular formula is C22H20O2. The van der Waals surface area contributed by atoms with Crippen LogP contribution in [-0.4, -0.2) is 12.6 Å². The van der Waals surface area contributed by atoms with E-state index in [1.807, 2.05) is 6.92 Å². The Hall–Kier alpha value is -2.61. The van der Waals surface area contributed by atoms with Crippen LogP contribution in [0.5, 0.6) is 0 Å². The summed E-state index contributed by atoms with van der Waals surface area (Å²) in [5.41, 5.74) is 1.31. The third-order valence-electron chi connectivity index (χ3n) is 4.75. The smallest absolute Gasteiger partial charge is 0.305 e. The third kappa shape index (κ3) is 2.48. The van der Waals surface area contributed by atoms with Gasteiger partial charge in [-0.15, -0.1) is 0 Å². The van der Waals surface area contributed by atoms with E-state index in [0.29, 0.717) is 13.0 Å². The zero-order valence-electron chi connectivity index (χ0n) is 13.8. The molecule has 0 saturated heterocycles. The number of rotatable bonds is 5. The van der Waals surface area contributed by atoms with Crippen molar-refractivity contribution in [3.05, 3.63) is 60.2 Å². The molecule has 24 heavy (non-hydrogen) atoms. The van der Waals surface area contributed by atoms with Crippen molar-refractivity contribution in [3.8, 4) is 0 Å². The predicted molar refractivity (Wildman–Crippen MR) is 99.7 cm³/mol. The van der Waals surface area contributed by atoms with Gasteiger partial charge in [0.15, 0.2) is 0 Å². The zero-order valence-corrected chi connectivity index (χ0v) is 13.8. The van der Waals surface area contributed by atoms with Crippen molar-refractivity contribution in [3.63, 3.8) is 0 Å². The molecule has 120 valence electrons. The highest BCUT2D eigenvalue weighted by Gasteiger charge is 2.11. The van der Waals surface area contributed by atoms with E-state index < -0.39 is 0 Å². The first-order valence-corrected chi connectivity index (χ1v) is 8.59. The molecule has 0 unspecified atom stereocenters. The molecule has 4 aromatic rings. The van der Waals surface area contributed by atoms with Crippen LogP contribution in [-0.2, 0) is 16.0 Å². The lowest BCUT2D eigenvalue weighted by Gasteiger charge is -2.13. The van der Waals surface area contributed by atoms with Crippen LogP contribution in [0, 0.1) is 0 Å². The second-order valence-corrected chi connectivity index (χ2v) is 6.24. The summed E-state index contributed by atoms with van der Waals surface area (Å²) >= 11 is 0. The van der Waals surface area contributed by atoms with Crippen LogP contribution in [0.25, 0.3) is 32.3 Å². The van der Waals surface area contributed by atoms with E-state index in [2.05, 4.69) is 54.6 Å². The minimum absolute atomic E-state index is 0.102. The Labute approximate surface area is 141 Å². The van der Waals surface area contributed by atoms with Crippen molar-refractivity contribution in [2.24, 2.45) is 0 Å². The quantitative estimate of drug-likeness (QED) is 0.360. The largest absolute Gasteiger partial charge is 0.466 e. The Morgan fingerprint density at radius 2 is 1.54 bits per heavy atom. The second kappa shape index (κ2) is 6.12. The minimum atomic E-state index is -0.102. The Balaban J connectivity index is 1.75. The number of carbonyl (C=O) groups is 1. The van der Waals surface area contributed by atoms with E-state index in [0.717, 1.165) is 12.8 Å². The average molecular weight is 316 g/mol. The van der Waals surface area contributed by atoms with Gasteiger partial charge in [-0.3, -0.25) is 4.79 Å². The van der Waals surface area contributed by atoms with E-state index in [-0.39, 0.29) is 5.97 Å². The molecule has 0 fully saturated rings. The lowest BCUT2D eigenvalue weighted by molar-refractivity contribution is -0.143. The fraction of sp³-hybridized carbons (Fsp3) is 0.227. The number of benzene rings is 4. The minimum Gasteiger partial charge on any atom is -0.466 e. The van der Waals surface area contributed by atoms with Gasteiger partial charge in [0, 0.05) is 6.42 Å². The van der Waals surface area contributed by atoms with Gasteiger partial charge in [0.05, 0.1) is 6.61 Å². The van der Waals surface area contributed by atoms with Crippen LogP contribution in [0.3, 0.4) is 0 Å². The molecule has 0 aromatic heterocycles. The van der Waals surface area contributed by atoms with Gasteiger partial charge in [0.2, 0.25) is 0 Å². The number of hydrogen-bond donors (Lipinski definition) is 0. The molecule has 0 aliphatic carbocycles. The molecule has 0 aliphatic rings. The normalized spacial score (nSPS) is 11.5. The second-order valence-electron chi connectivity index (χ2n) is 6.24. The highest BCUT2D eigenvalue weighted by Crippen LogP contribution is 2.36. The standard InChI is InChI=1S/C22H20O2/c1-2-24-20(23)8-4-5-15-9-10-18-12-11-16-6-3-7-17-13-14-19(15)22(18)21(16)17/h3,6-7,9-14H,2,4-5,8H2,1H3. The number of aryl methyl sites for hydroxylation is 1. The van der Waals surface area contributed by atoms with Crippen molar-refractivity contribution in [2.75, 3.05) is 6.61 Å². The summed E-state index contributed by atoms with van der Waals surface area (Å²) in [7, 11) is 0. The third-order valence-corrected chi connectivity index (χ3v) is 4.75. The van der Waals surface area contributed by atoms with E-state index in [4.69, 9.17) is 4.74 Å². The van der Waals surface area contributed by atoms with Gasteiger partial charge in [0.1, 0.15) is 0 Å². The molecule has 4 rings (SSSR count). The van der Waals surface area contributed by atoms with Crippen molar-refractivity contribution in [1.29, 1.82) is 0 Å². The highest BCUT2D eigenvalue weighted by molar-refractivity contribution is 6.23. The lowest BCUT2D eigenvalue weighted by Crippen LogP contribution is -2.04. The summed E-state index contributed by atoms with van der Waals surface area (Å²) in [6, 6.07) is 19.7. The topological polar surface area (TPSA) is 26.3 Å². The maximum atomic E-state index is 11.5. The monoisotopic (exact) mass is 316 g/mol. The van der Waals surface area contributed by atoms with Gasteiger partial charge in [0.25, 0.3) is 0 Å². The van der Waals surface area contributed by atoms with Gasteiger partial charge in [-0.05, 0) is 57.6 Å². The molecule has 2 heteroatoms. The van der Waals surface area contributed by atoms with Gasteiger partial charge >= 0.3 is 5.97 Å². The van der Waals surface area contributed by atoms with E-state index in [1.54, 1.807) is 0 Å². The first-order valence-electron chi connectivity index (χ1n) is 8.59. The fourth-order valence-corrected chi connectivity index (χ4v) is 3.67. The maximum absolute atomic E-state index is 11.5.